The molecule has 0 saturated carbocycles. The van der Waals surface area contributed by atoms with Crippen LogP contribution in [0.15, 0.2) is 23.2 Å². The van der Waals surface area contributed by atoms with E-state index in [1.54, 1.807) is 11.8 Å². The van der Waals surface area contributed by atoms with Crippen LogP contribution in [0.1, 0.15) is 11.1 Å². The molecule has 2 rings (SSSR count). The van der Waals surface area contributed by atoms with E-state index in [0.717, 1.165) is 28.7 Å². The highest BCUT2D eigenvalue weighted by Gasteiger charge is 2.16. The Morgan fingerprint density at radius 2 is 2.22 bits per heavy atom. The van der Waals surface area contributed by atoms with Crippen LogP contribution in [0, 0.1) is 13.8 Å². The van der Waals surface area contributed by atoms with Crippen molar-refractivity contribution in [2.24, 2.45) is 4.99 Å². The predicted molar refractivity (Wildman–Crippen MR) is 77.5 cm³/mol. The van der Waals surface area contributed by atoms with Crippen molar-refractivity contribution in [3.05, 3.63) is 29.3 Å². The molecule has 1 N–H and O–H groups in total. The number of aliphatic imine (C=N–C) groups is 1. The lowest BCUT2D eigenvalue weighted by molar-refractivity contribution is 0.259. The molecule has 0 radical (unpaired) electrons. The fraction of sp³-hybridized carbons (Fsp3) is 0.385. The van der Waals surface area contributed by atoms with Crippen molar-refractivity contribution in [2.75, 3.05) is 24.7 Å². The number of carbonyl (C=O) groups excluding carboxylic acids is 1. The number of carbonyl (C=O) groups is 1. The Hall–Kier alpha value is -1.49. The third-order valence-electron chi connectivity index (χ3n) is 2.81. The average molecular weight is 263 g/mol. The summed E-state index contributed by atoms with van der Waals surface area (Å²) >= 11 is 1.61. The Morgan fingerprint density at radius 3 is 2.83 bits per heavy atom. The Labute approximate surface area is 111 Å². The summed E-state index contributed by atoms with van der Waals surface area (Å²) in [7, 11) is 1.95. The predicted octanol–water partition coefficient (Wildman–Crippen LogP) is 2.87. The van der Waals surface area contributed by atoms with Crippen LogP contribution in [0.2, 0.25) is 0 Å². The highest BCUT2D eigenvalue weighted by Crippen LogP contribution is 2.18. The molecule has 2 amide bonds. The van der Waals surface area contributed by atoms with E-state index in [2.05, 4.69) is 10.3 Å². The zero-order chi connectivity index (χ0) is 13.1. The zero-order valence-corrected chi connectivity index (χ0v) is 11.7. The fourth-order valence-electron chi connectivity index (χ4n) is 1.78. The van der Waals surface area contributed by atoms with Gasteiger partial charge in [-0.05, 0) is 25.5 Å². The van der Waals surface area contributed by atoms with Crippen molar-refractivity contribution >= 4 is 28.6 Å². The van der Waals surface area contributed by atoms with E-state index >= 15 is 0 Å². The molecule has 1 aromatic carbocycles. The van der Waals surface area contributed by atoms with Crippen LogP contribution in [0.5, 0.6) is 0 Å². The van der Waals surface area contributed by atoms with Crippen molar-refractivity contribution in [3.8, 4) is 0 Å². The van der Waals surface area contributed by atoms with Gasteiger partial charge in [0.25, 0.3) is 0 Å². The smallest absolute Gasteiger partial charge is 0.347 e. The van der Waals surface area contributed by atoms with Gasteiger partial charge in [0.2, 0.25) is 0 Å². The summed E-state index contributed by atoms with van der Waals surface area (Å²) in [5.41, 5.74) is 3.06. The number of amides is 2. The van der Waals surface area contributed by atoms with Gasteiger partial charge in [-0.3, -0.25) is 0 Å². The molecule has 1 aliphatic heterocycles. The van der Waals surface area contributed by atoms with Gasteiger partial charge in [-0.15, -0.1) is 0 Å². The maximum absolute atomic E-state index is 11.8. The number of hydrogen-bond acceptors (Lipinski definition) is 2. The SMILES string of the molecule is Cc1ccc(NC(=O)/N=C2/SCCN2C)c(C)c1. The number of thioether (sulfide) groups is 1. The van der Waals surface area contributed by atoms with Gasteiger partial charge in [-0.2, -0.15) is 4.99 Å². The normalized spacial score (nSPS) is 17.3. The van der Waals surface area contributed by atoms with Crippen molar-refractivity contribution < 1.29 is 4.79 Å². The van der Waals surface area contributed by atoms with E-state index in [0.29, 0.717) is 0 Å². The lowest BCUT2D eigenvalue weighted by atomic mass is 10.1. The minimum atomic E-state index is -0.307. The molecule has 1 saturated heterocycles. The van der Waals surface area contributed by atoms with Crippen LogP contribution in [0.25, 0.3) is 0 Å². The molecule has 96 valence electrons. The summed E-state index contributed by atoms with van der Waals surface area (Å²) in [6.07, 6.45) is 0. The Bertz CT molecular complexity index is 499. The molecule has 0 bridgehead atoms. The maximum atomic E-state index is 11.8. The number of rotatable bonds is 1. The number of hydrogen-bond donors (Lipinski definition) is 1. The molecule has 4 nitrogen and oxygen atoms in total. The average Bonchev–Trinajstić information content (AvgIpc) is 2.69. The molecular weight excluding hydrogens is 246 g/mol. The monoisotopic (exact) mass is 263 g/mol. The minimum Gasteiger partial charge on any atom is -0.353 e. The van der Waals surface area contributed by atoms with Crippen LogP contribution in [-0.4, -0.2) is 35.4 Å². The topological polar surface area (TPSA) is 44.7 Å². The molecule has 5 heteroatoms. The quantitative estimate of drug-likeness (QED) is 0.847. The number of urea groups is 1. The van der Waals surface area contributed by atoms with Gasteiger partial charge in [0, 0.05) is 25.0 Å². The van der Waals surface area contributed by atoms with Gasteiger partial charge in [0.05, 0.1) is 0 Å². The van der Waals surface area contributed by atoms with E-state index in [9.17, 15) is 4.79 Å². The molecule has 1 aliphatic rings. The fourth-order valence-corrected chi connectivity index (χ4v) is 2.79. The van der Waals surface area contributed by atoms with Crippen LogP contribution >= 0.6 is 11.8 Å². The lowest BCUT2D eigenvalue weighted by Gasteiger charge is -2.10. The van der Waals surface area contributed by atoms with Gasteiger partial charge < -0.3 is 10.2 Å². The van der Waals surface area contributed by atoms with Crippen molar-refractivity contribution in [1.82, 2.24) is 4.90 Å². The van der Waals surface area contributed by atoms with Crippen LogP contribution in [0.4, 0.5) is 10.5 Å². The summed E-state index contributed by atoms with van der Waals surface area (Å²) < 4.78 is 0. The summed E-state index contributed by atoms with van der Waals surface area (Å²) in [5.74, 6) is 0.992. The first-order valence-corrected chi connectivity index (χ1v) is 6.85. The molecule has 1 heterocycles. The number of nitrogens with one attached hydrogen (secondary N) is 1. The second-order valence-electron chi connectivity index (χ2n) is 4.41. The van der Waals surface area contributed by atoms with E-state index in [1.807, 2.05) is 44.0 Å². The van der Waals surface area contributed by atoms with Gasteiger partial charge in [-0.1, -0.05) is 29.5 Å². The molecular formula is C13H17N3OS. The summed E-state index contributed by atoms with van der Waals surface area (Å²) in [6.45, 7) is 4.95. The van der Waals surface area contributed by atoms with Gasteiger partial charge >= 0.3 is 6.03 Å². The van der Waals surface area contributed by atoms with E-state index in [-0.39, 0.29) is 6.03 Å². The van der Waals surface area contributed by atoms with Crippen molar-refractivity contribution in [2.45, 2.75) is 13.8 Å². The Morgan fingerprint density at radius 1 is 1.44 bits per heavy atom. The second kappa shape index (κ2) is 5.44. The lowest BCUT2D eigenvalue weighted by Crippen LogP contribution is -2.20. The third kappa shape index (κ3) is 3.04. The zero-order valence-electron chi connectivity index (χ0n) is 10.9. The molecule has 0 aromatic heterocycles. The first-order valence-electron chi connectivity index (χ1n) is 5.87. The Balaban J connectivity index is 2.07. The Kier molecular flexibility index (Phi) is 3.91. The maximum Gasteiger partial charge on any atom is 0.347 e. The van der Waals surface area contributed by atoms with E-state index < -0.39 is 0 Å². The molecule has 0 spiro atoms. The number of anilines is 1. The molecule has 1 fully saturated rings. The summed E-state index contributed by atoms with van der Waals surface area (Å²) in [6, 6.07) is 5.62. The van der Waals surface area contributed by atoms with Crippen molar-refractivity contribution in [1.29, 1.82) is 0 Å². The molecule has 0 unspecified atom stereocenters. The molecule has 1 aromatic rings. The number of nitrogens with zero attached hydrogens (tertiary/aromatic N) is 2. The standard InChI is InChI=1S/C13H17N3OS/c1-9-4-5-11(10(2)8-9)14-12(17)15-13-16(3)6-7-18-13/h4-5,8H,6-7H2,1-3H3,(H,14,17)/b15-13+. The molecule has 18 heavy (non-hydrogen) atoms. The van der Waals surface area contributed by atoms with Crippen LogP contribution in [-0.2, 0) is 0 Å². The third-order valence-corrected chi connectivity index (χ3v) is 3.85. The minimum absolute atomic E-state index is 0.307. The largest absolute Gasteiger partial charge is 0.353 e. The van der Waals surface area contributed by atoms with Crippen LogP contribution in [0.3, 0.4) is 0 Å². The number of aryl methyl sites for hydroxylation is 2. The van der Waals surface area contributed by atoms with Gasteiger partial charge in [0.1, 0.15) is 0 Å². The second-order valence-corrected chi connectivity index (χ2v) is 5.47. The van der Waals surface area contributed by atoms with Crippen LogP contribution < -0.4 is 5.32 Å². The first-order chi connectivity index (χ1) is 8.56. The van der Waals surface area contributed by atoms with Crippen molar-refractivity contribution in [3.63, 3.8) is 0 Å². The van der Waals surface area contributed by atoms with E-state index in [1.165, 1.54) is 5.56 Å². The van der Waals surface area contributed by atoms with Gasteiger partial charge in [-0.25, -0.2) is 4.79 Å². The highest BCUT2D eigenvalue weighted by atomic mass is 32.2. The first kappa shape index (κ1) is 13.0. The van der Waals surface area contributed by atoms with Gasteiger partial charge in [0.15, 0.2) is 5.17 Å². The summed E-state index contributed by atoms with van der Waals surface area (Å²) in [4.78, 5) is 17.9. The molecule has 0 aliphatic carbocycles. The molecule has 0 atom stereocenters. The summed E-state index contributed by atoms with van der Waals surface area (Å²) in [5, 5.41) is 3.61. The highest BCUT2D eigenvalue weighted by molar-refractivity contribution is 8.14. The number of benzene rings is 1. The number of amidine groups is 1. The van der Waals surface area contributed by atoms with E-state index in [4.69, 9.17) is 0 Å².